The summed E-state index contributed by atoms with van der Waals surface area (Å²) < 4.78 is 0. The number of aromatic nitrogens is 4. The summed E-state index contributed by atoms with van der Waals surface area (Å²) in [5, 5.41) is 0. The van der Waals surface area contributed by atoms with Crippen LogP contribution in [-0.4, -0.2) is 37.9 Å². The van der Waals surface area contributed by atoms with Crippen LogP contribution >= 0.6 is 0 Å². The number of hydrogen-bond acceptors (Lipinski definition) is 6. The normalized spacial score (nSPS) is 14.4. The van der Waals surface area contributed by atoms with E-state index in [1.807, 2.05) is 49.3 Å². The molecule has 0 aliphatic carbocycles. The molecule has 28 heavy (non-hydrogen) atoms. The highest BCUT2D eigenvalue weighted by atomic mass is 15.2. The van der Waals surface area contributed by atoms with Crippen LogP contribution in [0.3, 0.4) is 0 Å². The summed E-state index contributed by atoms with van der Waals surface area (Å²) in [5.41, 5.74) is 3.50. The van der Waals surface area contributed by atoms with Gasteiger partial charge in [0.05, 0.1) is 0 Å². The monoisotopic (exact) mass is 374 g/mol. The Hall–Kier alpha value is -2.86. The lowest BCUT2D eigenvalue weighted by molar-refractivity contribution is 0.246. The molecule has 3 aromatic rings. The van der Waals surface area contributed by atoms with Crippen molar-refractivity contribution in [3.05, 3.63) is 78.1 Å². The van der Waals surface area contributed by atoms with Gasteiger partial charge >= 0.3 is 0 Å². The highest BCUT2D eigenvalue weighted by Gasteiger charge is 2.14. The van der Waals surface area contributed by atoms with Crippen LogP contribution in [0, 0.1) is 0 Å². The lowest BCUT2D eigenvalue weighted by Gasteiger charge is -2.27. The molecule has 0 radical (unpaired) electrons. The molecule has 3 aromatic heterocycles. The van der Waals surface area contributed by atoms with Crippen LogP contribution in [0.2, 0.25) is 0 Å². The molecule has 144 valence electrons. The fraction of sp³-hybridized carbons (Fsp3) is 0.364. The topological polar surface area (TPSA) is 58.0 Å². The van der Waals surface area contributed by atoms with E-state index in [-0.39, 0.29) is 0 Å². The van der Waals surface area contributed by atoms with E-state index in [1.165, 1.54) is 30.4 Å². The Kier molecular flexibility index (Phi) is 6.19. The lowest BCUT2D eigenvalue weighted by atomic mass is 10.1. The second-order valence-corrected chi connectivity index (χ2v) is 7.31. The van der Waals surface area contributed by atoms with Gasteiger partial charge in [0.15, 0.2) is 0 Å². The molecule has 0 spiro atoms. The van der Waals surface area contributed by atoms with Crippen molar-refractivity contribution in [1.29, 1.82) is 0 Å². The van der Waals surface area contributed by atoms with Crippen LogP contribution in [0.1, 0.15) is 36.0 Å². The Morgan fingerprint density at radius 3 is 1.82 bits per heavy atom. The fourth-order valence-corrected chi connectivity index (χ4v) is 3.61. The van der Waals surface area contributed by atoms with Crippen molar-refractivity contribution in [2.24, 2.45) is 0 Å². The molecule has 1 aliphatic heterocycles. The molecule has 0 saturated carbocycles. The zero-order chi connectivity index (χ0) is 19.0. The number of piperidine rings is 1. The Bertz CT molecular complexity index is 790. The number of nitrogens with zero attached hydrogens (tertiary/aromatic N) is 6. The second kappa shape index (κ2) is 9.37. The molecule has 1 saturated heterocycles. The van der Waals surface area contributed by atoms with Gasteiger partial charge < -0.3 is 4.90 Å². The molecule has 4 heterocycles. The maximum absolute atomic E-state index is 4.63. The molecule has 4 rings (SSSR count). The first-order valence-electron chi connectivity index (χ1n) is 9.93. The Morgan fingerprint density at radius 1 is 0.714 bits per heavy atom. The van der Waals surface area contributed by atoms with Crippen molar-refractivity contribution < 1.29 is 0 Å². The molecule has 1 aliphatic rings. The van der Waals surface area contributed by atoms with Crippen LogP contribution in [0.15, 0.2) is 61.4 Å². The first-order chi connectivity index (χ1) is 13.9. The minimum Gasteiger partial charge on any atom is -0.341 e. The molecule has 0 unspecified atom stereocenters. The minimum atomic E-state index is 0.782. The third kappa shape index (κ3) is 5.10. The summed E-state index contributed by atoms with van der Waals surface area (Å²) in [6.07, 6.45) is 15.2. The number of anilines is 1. The number of rotatable bonds is 7. The van der Waals surface area contributed by atoms with Crippen LogP contribution in [0.4, 0.5) is 5.95 Å². The molecular formula is C22H26N6. The summed E-state index contributed by atoms with van der Waals surface area (Å²) in [6, 6.07) is 8.18. The van der Waals surface area contributed by atoms with Crippen molar-refractivity contribution in [1.82, 2.24) is 24.8 Å². The standard InChI is InChI=1S/C22H26N6/c1-2-10-28(11-3-1)22-25-14-21(15-26-22)18-27(16-19-6-4-8-23-12-19)17-20-7-5-9-24-13-20/h4-9,12-15H,1-3,10-11,16-18H2. The van der Waals surface area contributed by atoms with Gasteiger partial charge in [0, 0.05) is 75.5 Å². The van der Waals surface area contributed by atoms with Crippen LogP contribution in [0.25, 0.3) is 0 Å². The minimum absolute atomic E-state index is 0.782. The summed E-state index contributed by atoms with van der Waals surface area (Å²) in [4.78, 5) is 22.4. The van der Waals surface area contributed by atoms with Crippen LogP contribution < -0.4 is 4.90 Å². The zero-order valence-electron chi connectivity index (χ0n) is 16.1. The van der Waals surface area contributed by atoms with Gasteiger partial charge in [0.2, 0.25) is 5.95 Å². The quantitative estimate of drug-likeness (QED) is 0.631. The smallest absolute Gasteiger partial charge is 0.225 e. The second-order valence-electron chi connectivity index (χ2n) is 7.31. The fourth-order valence-electron chi connectivity index (χ4n) is 3.61. The van der Waals surface area contributed by atoms with E-state index in [2.05, 4.69) is 41.9 Å². The average molecular weight is 374 g/mol. The van der Waals surface area contributed by atoms with Crippen molar-refractivity contribution in [2.75, 3.05) is 18.0 Å². The van der Waals surface area contributed by atoms with Gasteiger partial charge in [-0.25, -0.2) is 9.97 Å². The summed E-state index contributed by atoms with van der Waals surface area (Å²) >= 11 is 0. The van der Waals surface area contributed by atoms with Crippen LogP contribution in [-0.2, 0) is 19.6 Å². The van der Waals surface area contributed by atoms with Crippen molar-refractivity contribution in [3.63, 3.8) is 0 Å². The predicted octanol–water partition coefficient (Wildman–Crippen LogP) is 3.46. The highest BCUT2D eigenvalue weighted by molar-refractivity contribution is 5.30. The largest absolute Gasteiger partial charge is 0.341 e. The highest BCUT2D eigenvalue weighted by Crippen LogP contribution is 2.17. The first-order valence-corrected chi connectivity index (χ1v) is 9.93. The number of hydrogen-bond donors (Lipinski definition) is 0. The summed E-state index contributed by atoms with van der Waals surface area (Å²) in [7, 11) is 0. The van der Waals surface area contributed by atoms with E-state index in [9.17, 15) is 0 Å². The zero-order valence-corrected chi connectivity index (χ0v) is 16.1. The molecule has 1 fully saturated rings. The van der Waals surface area contributed by atoms with Crippen LogP contribution in [0.5, 0.6) is 0 Å². The Balaban J connectivity index is 1.46. The van der Waals surface area contributed by atoms with Gasteiger partial charge in [-0.15, -0.1) is 0 Å². The Labute approximate surface area is 166 Å². The van der Waals surface area contributed by atoms with E-state index in [4.69, 9.17) is 0 Å². The van der Waals surface area contributed by atoms with Gasteiger partial charge in [-0.05, 0) is 42.5 Å². The molecule has 0 amide bonds. The van der Waals surface area contributed by atoms with Gasteiger partial charge in [0.1, 0.15) is 0 Å². The molecule has 0 aromatic carbocycles. The van der Waals surface area contributed by atoms with E-state index < -0.39 is 0 Å². The van der Waals surface area contributed by atoms with Gasteiger partial charge in [-0.1, -0.05) is 12.1 Å². The molecule has 0 N–H and O–H groups in total. The predicted molar refractivity (Wildman–Crippen MR) is 110 cm³/mol. The maximum Gasteiger partial charge on any atom is 0.225 e. The van der Waals surface area contributed by atoms with E-state index in [0.29, 0.717) is 0 Å². The van der Waals surface area contributed by atoms with Crippen molar-refractivity contribution in [2.45, 2.75) is 38.9 Å². The van der Waals surface area contributed by atoms with E-state index in [0.717, 1.165) is 44.2 Å². The van der Waals surface area contributed by atoms with Crippen molar-refractivity contribution >= 4 is 5.95 Å². The van der Waals surface area contributed by atoms with E-state index in [1.54, 1.807) is 0 Å². The Morgan fingerprint density at radius 2 is 1.29 bits per heavy atom. The summed E-state index contributed by atoms with van der Waals surface area (Å²) in [6.45, 7) is 4.54. The third-order valence-corrected chi connectivity index (χ3v) is 4.99. The van der Waals surface area contributed by atoms with Gasteiger partial charge in [0.25, 0.3) is 0 Å². The maximum atomic E-state index is 4.63. The first kappa shape index (κ1) is 18.5. The molecule has 6 nitrogen and oxygen atoms in total. The SMILES string of the molecule is c1cncc(CN(Cc2cccnc2)Cc2cnc(N3CCCCC3)nc2)c1. The molecule has 0 bridgehead atoms. The molecule has 6 heteroatoms. The van der Waals surface area contributed by atoms with E-state index >= 15 is 0 Å². The number of pyridine rings is 2. The summed E-state index contributed by atoms with van der Waals surface area (Å²) in [5.74, 6) is 0.856. The third-order valence-electron chi connectivity index (χ3n) is 4.99. The van der Waals surface area contributed by atoms with Gasteiger partial charge in [-0.2, -0.15) is 0 Å². The van der Waals surface area contributed by atoms with Gasteiger partial charge in [-0.3, -0.25) is 14.9 Å². The van der Waals surface area contributed by atoms with Crippen molar-refractivity contribution in [3.8, 4) is 0 Å². The lowest BCUT2D eigenvalue weighted by Crippen LogP contribution is -2.31. The molecular weight excluding hydrogens is 348 g/mol. The molecule has 0 atom stereocenters. The average Bonchev–Trinajstić information content (AvgIpc) is 2.76.